The van der Waals surface area contributed by atoms with E-state index in [0.29, 0.717) is 47.5 Å². The van der Waals surface area contributed by atoms with Crippen molar-refractivity contribution in [3.8, 4) is 23.0 Å². The van der Waals surface area contributed by atoms with Crippen LogP contribution < -0.4 is 14.8 Å². The number of ether oxygens (including phenoxy) is 2. The summed E-state index contributed by atoms with van der Waals surface area (Å²) in [7, 11) is -3.70. The summed E-state index contributed by atoms with van der Waals surface area (Å²) in [4.78, 5) is 11.4. The topological polar surface area (TPSA) is 124 Å². The van der Waals surface area contributed by atoms with Crippen LogP contribution in [0.25, 0.3) is 11.5 Å². The lowest BCUT2D eigenvalue weighted by atomic mass is 10.00. The number of piperidine rings is 1. The molecule has 0 saturated carbocycles. The Morgan fingerprint density at radius 3 is 2.67 bits per heavy atom. The van der Waals surface area contributed by atoms with Gasteiger partial charge in [0.2, 0.25) is 34.5 Å². The van der Waals surface area contributed by atoms with Crippen molar-refractivity contribution in [2.75, 3.05) is 25.2 Å². The van der Waals surface area contributed by atoms with Gasteiger partial charge in [0.05, 0.1) is 10.8 Å². The Hall–Kier alpha value is -3.44. The van der Waals surface area contributed by atoms with E-state index in [2.05, 4.69) is 15.5 Å². The number of anilines is 1. The van der Waals surface area contributed by atoms with Crippen LogP contribution in [0, 0.1) is 0 Å². The van der Waals surface area contributed by atoms with E-state index in [-0.39, 0.29) is 30.1 Å². The minimum Gasteiger partial charge on any atom is -0.454 e. The summed E-state index contributed by atoms with van der Waals surface area (Å²) in [6, 6.07) is 11.5. The fourth-order valence-corrected chi connectivity index (χ4v) is 5.49. The fourth-order valence-electron chi connectivity index (χ4n) is 3.97. The van der Waals surface area contributed by atoms with Crippen molar-refractivity contribution >= 4 is 21.6 Å². The number of aromatic nitrogens is 2. The van der Waals surface area contributed by atoms with Crippen molar-refractivity contribution in [1.29, 1.82) is 0 Å². The third-order valence-corrected chi connectivity index (χ3v) is 7.49. The Labute approximate surface area is 190 Å². The zero-order valence-corrected chi connectivity index (χ0v) is 18.7. The molecule has 3 aromatic rings. The number of hydrogen-bond acceptors (Lipinski definition) is 8. The van der Waals surface area contributed by atoms with Crippen LogP contribution in [0.5, 0.6) is 11.5 Å². The van der Waals surface area contributed by atoms with Gasteiger partial charge in [-0.25, -0.2) is 8.42 Å². The molecule has 172 valence electrons. The summed E-state index contributed by atoms with van der Waals surface area (Å²) < 4.78 is 44.4. The Morgan fingerprint density at radius 1 is 1.09 bits per heavy atom. The van der Waals surface area contributed by atoms with E-state index in [1.807, 2.05) is 6.07 Å². The Balaban J connectivity index is 1.32. The monoisotopic (exact) mass is 470 g/mol. The number of carbonyl (C=O) groups is 1. The molecule has 3 heterocycles. The predicted octanol–water partition coefficient (Wildman–Crippen LogP) is 2.99. The normalized spacial score (nSPS) is 18.3. The van der Waals surface area contributed by atoms with Gasteiger partial charge >= 0.3 is 0 Å². The molecule has 2 aromatic carbocycles. The van der Waals surface area contributed by atoms with Gasteiger partial charge in [0.1, 0.15) is 0 Å². The van der Waals surface area contributed by atoms with Gasteiger partial charge in [-0.15, -0.1) is 10.2 Å². The predicted molar refractivity (Wildman–Crippen MR) is 117 cm³/mol. The number of amides is 1. The molecule has 1 fully saturated rings. The first kappa shape index (κ1) is 21.4. The second kappa shape index (κ2) is 8.49. The van der Waals surface area contributed by atoms with Gasteiger partial charge in [-0.2, -0.15) is 4.31 Å². The molecule has 0 aliphatic carbocycles. The van der Waals surface area contributed by atoms with Crippen LogP contribution in [0.1, 0.15) is 31.6 Å². The fraction of sp³-hybridized carbons (Fsp3) is 0.318. The SMILES string of the molecule is CC(=O)Nc1ccc(S(=O)(=O)N2CCCC(c3nnc(-c4ccc5c(c4)OCO5)o3)C2)cc1. The number of nitrogens with one attached hydrogen (secondary N) is 1. The highest BCUT2D eigenvalue weighted by Crippen LogP contribution is 2.36. The standard InChI is InChI=1S/C22H22N4O6S/c1-14(27)23-17-5-7-18(8-6-17)33(28,29)26-10-2-3-16(12-26)22-25-24-21(32-22)15-4-9-19-20(11-15)31-13-30-19/h4-9,11,16H,2-3,10,12-13H2,1H3,(H,23,27). The maximum absolute atomic E-state index is 13.2. The third kappa shape index (κ3) is 4.29. The summed E-state index contributed by atoms with van der Waals surface area (Å²) in [6.45, 7) is 2.23. The summed E-state index contributed by atoms with van der Waals surface area (Å²) >= 11 is 0. The van der Waals surface area contributed by atoms with E-state index in [4.69, 9.17) is 13.9 Å². The van der Waals surface area contributed by atoms with Crippen molar-refractivity contribution in [1.82, 2.24) is 14.5 Å². The van der Waals surface area contributed by atoms with Gasteiger partial charge in [0.15, 0.2) is 11.5 Å². The molecular weight excluding hydrogens is 448 g/mol. The minimum atomic E-state index is -3.70. The second-order valence-corrected chi connectivity index (χ2v) is 9.86. The third-order valence-electron chi connectivity index (χ3n) is 5.61. The van der Waals surface area contributed by atoms with Crippen LogP contribution in [0.3, 0.4) is 0 Å². The molecule has 1 N–H and O–H groups in total. The van der Waals surface area contributed by atoms with Gasteiger partial charge in [-0.3, -0.25) is 4.79 Å². The molecule has 0 spiro atoms. The van der Waals surface area contributed by atoms with Crippen LogP contribution in [0.2, 0.25) is 0 Å². The number of fused-ring (bicyclic) bond motifs is 1. The van der Waals surface area contributed by atoms with E-state index in [1.165, 1.54) is 23.4 Å². The lowest BCUT2D eigenvalue weighted by Crippen LogP contribution is -2.39. The lowest BCUT2D eigenvalue weighted by molar-refractivity contribution is -0.114. The van der Waals surface area contributed by atoms with Gasteiger partial charge < -0.3 is 19.2 Å². The first-order valence-corrected chi connectivity index (χ1v) is 12.0. The van der Waals surface area contributed by atoms with Gasteiger partial charge in [0.25, 0.3) is 0 Å². The number of nitrogens with zero attached hydrogens (tertiary/aromatic N) is 3. The van der Waals surface area contributed by atoms with Crippen LogP contribution >= 0.6 is 0 Å². The van der Waals surface area contributed by atoms with Crippen LogP contribution in [-0.2, 0) is 14.8 Å². The molecule has 33 heavy (non-hydrogen) atoms. The molecule has 2 aliphatic heterocycles. The molecule has 2 aliphatic rings. The maximum Gasteiger partial charge on any atom is 0.247 e. The molecule has 1 unspecified atom stereocenters. The highest BCUT2D eigenvalue weighted by molar-refractivity contribution is 7.89. The average Bonchev–Trinajstić information content (AvgIpc) is 3.48. The molecule has 11 heteroatoms. The highest BCUT2D eigenvalue weighted by Gasteiger charge is 2.33. The van der Waals surface area contributed by atoms with E-state index >= 15 is 0 Å². The Morgan fingerprint density at radius 2 is 1.88 bits per heavy atom. The molecule has 5 rings (SSSR count). The van der Waals surface area contributed by atoms with E-state index in [0.717, 1.165) is 6.42 Å². The van der Waals surface area contributed by atoms with Crippen molar-refractivity contribution < 1.29 is 27.1 Å². The quantitative estimate of drug-likeness (QED) is 0.604. The number of carbonyl (C=O) groups excluding carboxylic acids is 1. The van der Waals surface area contributed by atoms with Crippen LogP contribution in [-0.4, -0.2) is 48.7 Å². The molecule has 1 aromatic heterocycles. The zero-order valence-electron chi connectivity index (χ0n) is 17.9. The van der Waals surface area contributed by atoms with E-state index in [9.17, 15) is 13.2 Å². The highest BCUT2D eigenvalue weighted by atomic mass is 32.2. The van der Waals surface area contributed by atoms with Crippen molar-refractivity contribution in [2.45, 2.75) is 30.6 Å². The number of rotatable bonds is 5. The number of benzene rings is 2. The Kier molecular flexibility index (Phi) is 5.51. The second-order valence-electron chi connectivity index (χ2n) is 7.92. The summed E-state index contributed by atoms with van der Waals surface area (Å²) in [5.41, 5.74) is 1.25. The van der Waals surface area contributed by atoms with Gasteiger partial charge in [-0.1, -0.05) is 0 Å². The van der Waals surface area contributed by atoms with Crippen molar-refractivity contribution in [3.05, 3.63) is 48.4 Å². The molecule has 1 amide bonds. The number of hydrogen-bond donors (Lipinski definition) is 1. The summed E-state index contributed by atoms with van der Waals surface area (Å²) in [5, 5.41) is 11.0. The first-order chi connectivity index (χ1) is 15.9. The summed E-state index contributed by atoms with van der Waals surface area (Å²) in [6.07, 6.45) is 1.42. The lowest BCUT2D eigenvalue weighted by Gasteiger charge is -2.30. The van der Waals surface area contributed by atoms with Crippen molar-refractivity contribution in [3.63, 3.8) is 0 Å². The molecule has 0 radical (unpaired) electrons. The largest absolute Gasteiger partial charge is 0.454 e. The zero-order chi connectivity index (χ0) is 23.0. The summed E-state index contributed by atoms with van der Waals surface area (Å²) in [5.74, 6) is 1.61. The van der Waals surface area contributed by atoms with Gasteiger partial charge in [0, 0.05) is 31.3 Å². The number of sulfonamides is 1. The van der Waals surface area contributed by atoms with E-state index < -0.39 is 10.0 Å². The van der Waals surface area contributed by atoms with Crippen molar-refractivity contribution in [2.24, 2.45) is 0 Å². The van der Waals surface area contributed by atoms with Crippen LogP contribution in [0.4, 0.5) is 5.69 Å². The molecule has 10 nitrogen and oxygen atoms in total. The molecular formula is C22H22N4O6S. The minimum absolute atomic E-state index is 0.170. The molecule has 1 saturated heterocycles. The molecule has 1 atom stereocenters. The Bertz CT molecular complexity index is 1290. The maximum atomic E-state index is 13.2. The smallest absolute Gasteiger partial charge is 0.247 e. The molecule has 0 bridgehead atoms. The average molecular weight is 471 g/mol. The van der Waals surface area contributed by atoms with Crippen LogP contribution in [0.15, 0.2) is 51.8 Å². The van der Waals surface area contributed by atoms with E-state index in [1.54, 1.807) is 24.3 Å². The van der Waals surface area contributed by atoms with Gasteiger partial charge in [-0.05, 0) is 55.3 Å². The first-order valence-electron chi connectivity index (χ1n) is 10.5.